The van der Waals surface area contributed by atoms with E-state index in [0.29, 0.717) is 17.9 Å². The van der Waals surface area contributed by atoms with E-state index in [9.17, 15) is 9.59 Å². The number of carbonyl (C=O) groups is 1. The first-order chi connectivity index (χ1) is 7.70. The first-order valence-electron chi connectivity index (χ1n) is 4.43. The Hall–Kier alpha value is -1.86. The lowest BCUT2D eigenvalue weighted by Gasteiger charge is -1.95. The number of nitrogens with two attached hydrogens (primary N) is 1. The van der Waals surface area contributed by atoms with Crippen molar-refractivity contribution in [1.82, 2.24) is 9.99 Å². The normalized spacial score (nSPS) is 10.3. The second-order valence-corrected chi connectivity index (χ2v) is 3.93. The van der Waals surface area contributed by atoms with Gasteiger partial charge in [0.1, 0.15) is 12.0 Å². The molecule has 84 valence electrons. The van der Waals surface area contributed by atoms with E-state index in [1.165, 1.54) is 10.8 Å². The van der Waals surface area contributed by atoms with Crippen LogP contribution in [0.5, 0.6) is 0 Å². The highest BCUT2D eigenvalue weighted by Gasteiger charge is 2.09. The van der Waals surface area contributed by atoms with Crippen LogP contribution in [0, 0.1) is 0 Å². The first kappa shape index (κ1) is 10.7. The van der Waals surface area contributed by atoms with Gasteiger partial charge in [-0.2, -0.15) is 0 Å². The summed E-state index contributed by atoms with van der Waals surface area (Å²) in [5.74, 6) is 5.08. The van der Waals surface area contributed by atoms with Crippen LogP contribution in [0.3, 0.4) is 0 Å². The number of thiazole rings is 1. The average molecular weight is 239 g/mol. The molecule has 2 heterocycles. The van der Waals surface area contributed by atoms with E-state index in [2.05, 4.69) is 0 Å². The molecule has 0 aliphatic rings. The van der Waals surface area contributed by atoms with Gasteiger partial charge < -0.3 is 4.42 Å². The molecule has 16 heavy (non-hydrogen) atoms. The van der Waals surface area contributed by atoms with Crippen LogP contribution in [0.4, 0.5) is 0 Å². The Balaban J connectivity index is 2.18. The highest BCUT2D eigenvalue weighted by atomic mass is 32.1. The van der Waals surface area contributed by atoms with Gasteiger partial charge in [-0.05, 0) is 6.07 Å². The van der Waals surface area contributed by atoms with Crippen molar-refractivity contribution in [1.29, 1.82) is 0 Å². The van der Waals surface area contributed by atoms with Gasteiger partial charge in [0.05, 0.1) is 12.1 Å². The van der Waals surface area contributed by atoms with Gasteiger partial charge in [-0.25, -0.2) is 5.84 Å². The number of nitrogens with zero attached hydrogens (tertiary/aromatic N) is 1. The second-order valence-electron chi connectivity index (χ2n) is 3.07. The number of rotatable bonds is 3. The van der Waals surface area contributed by atoms with Crippen molar-refractivity contribution in [3.05, 3.63) is 44.9 Å². The zero-order valence-corrected chi connectivity index (χ0v) is 8.99. The van der Waals surface area contributed by atoms with Gasteiger partial charge >= 0.3 is 4.87 Å². The summed E-state index contributed by atoms with van der Waals surface area (Å²) in [7, 11) is 0. The minimum absolute atomic E-state index is 0.0683. The molecule has 1 amide bonds. The summed E-state index contributed by atoms with van der Waals surface area (Å²) in [5, 5.41) is 1.69. The molecule has 2 aromatic rings. The van der Waals surface area contributed by atoms with Gasteiger partial charge in [0.25, 0.3) is 5.91 Å². The van der Waals surface area contributed by atoms with Gasteiger partial charge in [0, 0.05) is 11.6 Å². The van der Waals surface area contributed by atoms with E-state index in [4.69, 9.17) is 10.3 Å². The lowest BCUT2D eigenvalue weighted by molar-refractivity contribution is 0.0953. The first-order valence-corrected chi connectivity index (χ1v) is 5.31. The third-order valence-electron chi connectivity index (χ3n) is 2.02. The molecule has 2 aromatic heterocycles. The molecule has 0 unspecified atom stereocenters. The Morgan fingerprint density at radius 3 is 3.06 bits per heavy atom. The number of carbonyl (C=O) groups excluding carboxylic acids is 1. The minimum Gasteiger partial charge on any atom is -0.467 e. The molecule has 6 nitrogen and oxygen atoms in total. The fraction of sp³-hybridized carbons (Fsp3) is 0.111. The standard InChI is InChI=1S/C9H9N3O3S/c10-11-8(13)6-3-7(15-5-6)4-12-1-2-16-9(12)14/h1-3,5H,4,10H2,(H,11,13). The van der Waals surface area contributed by atoms with E-state index in [1.54, 1.807) is 17.6 Å². The summed E-state index contributed by atoms with van der Waals surface area (Å²) in [6.45, 7) is 0.306. The fourth-order valence-corrected chi connectivity index (χ4v) is 1.83. The number of amides is 1. The number of hydrogen-bond acceptors (Lipinski definition) is 5. The lowest BCUT2D eigenvalue weighted by atomic mass is 10.3. The lowest BCUT2D eigenvalue weighted by Crippen LogP contribution is -2.29. The Morgan fingerprint density at radius 2 is 2.44 bits per heavy atom. The predicted molar refractivity (Wildman–Crippen MR) is 58.0 cm³/mol. The summed E-state index contributed by atoms with van der Waals surface area (Å²) < 4.78 is 6.64. The van der Waals surface area contributed by atoms with Gasteiger partial charge in [-0.15, -0.1) is 0 Å². The summed E-state index contributed by atoms with van der Waals surface area (Å²) in [6.07, 6.45) is 2.97. The second kappa shape index (κ2) is 4.33. The maximum Gasteiger partial charge on any atom is 0.307 e. The van der Waals surface area contributed by atoms with Crippen LogP contribution < -0.4 is 16.1 Å². The molecule has 0 radical (unpaired) electrons. The highest BCUT2D eigenvalue weighted by Crippen LogP contribution is 2.08. The van der Waals surface area contributed by atoms with Gasteiger partial charge in [-0.3, -0.25) is 19.6 Å². The number of aromatic nitrogens is 1. The Bertz CT molecular complexity index is 554. The quantitative estimate of drug-likeness (QED) is 0.453. The van der Waals surface area contributed by atoms with Gasteiger partial charge in [-0.1, -0.05) is 11.3 Å². The van der Waals surface area contributed by atoms with Gasteiger partial charge in [0.2, 0.25) is 0 Å². The van der Waals surface area contributed by atoms with Crippen LogP contribution in [0.25, 0.3) is 0 Å². The van der Waals surface area contributed by atoms with E-state index in [1.807, 2.05) is 5.43 Å². The van der Waals surface area contributed by atoms with Crippen molar-refractivity contribution in [3.63, 3.8) is 0 Å². The van der Waals surface area contributed by atoms with Crippen LogP contribution in [-0.2, 0) is 6.54 Å². The Morgan fingerprint density at radius 1 is 1.62 bits per heavy atom. The van der Waals surface area contributed by atoms with E-state index < -0.39 is 5.91 Å². The highest BCUT2D eigenvalue weighted by molar-refractivity contribution is 7.07. The number of hydrogen-bond donors (Lipinski definition) is 2. The molecule has 7 heteroatoms. The molecule has 3 N–H and O–H groups in total. The summed E-state index contributed by atoms with van der Waals surface area (Å²) in [4.78, 5) is 22.3. The topological polar surface area (TPSA) is 90.3 Å². The van der Waals surface area contributed by atoms with E-state index >= 15 is 0 Å². The number of furan rings is 1. The third kappa shape index (κ3) is 2.05. The summed E-state index contributed by atoms with van der Waals surface area (Å²) in [5.41, 5.74) is 2.33. The smallest absolute Gasteiger partial charge is 0.307 e. The molecule has 0 saturated carbocycles. The largest absolute Gasteiger partial charge is 0.467 e. The van der Waals surface area contributed by atoms with E-state index in [-0.39, 0.29) is 4.87 Å². The molecular weight excluding hydrogens is 230 g/mol. The van der Waals surface area contributed by atoms with Crippen molar-refractivity contribution >= 4 is 17.2 Å². The zero-order chi connectivity index (χ0) is 11.5. The average Bonchev–Trinajstić information content (AvgIpc) is 2.89. The predicted octanol–water partition coefficient (Wildman–Crippen LogP) is 0.155. The number of hydrazine groups is 1. The van der Waals surface area contributed by atoms with Crippen LogP contribution in [0.2, 0.25) is 0 Å². The Kier molecular flexibility index (Phi) is 2.88. The molecular formula is C9H9N3O3S. The van der Waals surface area contributed by atoms with Crippen molar-refractivity contribution in [2.24, 2.45) is 5.84 Å². The van der Waals surface area contributed by atoms with Crippen molar-refractivity contribution in [2.75, 3.05) is 0 Å². The molecule has 0 saturated heterocycles. The molecule has 0 bridgehead atoms. The van der Waals surface area contributed by atoms with Crippen LogP contribution >= 0.6 is 11.3 Å². The van der Waals surface area contributed by atoms with Crippen molar-refractivity contribution in [3.8, 4) is 0 Å². The molecule has 0 aliphatic heterocycles. The maximum absolute atomic E-state index is 11.3. The summed E-state index contributed by atoms with van der Waals surface area (Å²) in [6, 6.07) is 1.55. The fourth-order valence-electron chi connectivity index (χ4n) is 1.24. The number of nitrogen functional groups attached to an aromatic ring is 1. The zero-order valence-electron chi connectivity index (χ0n) is 8.17. The van der Waals surface area contributed by atoms with Crippen LogP contribution in [-0.4, -0.2) is 10.5 Å². The summed E-state index contributed by atoms with van der Waals surface area (Å²) >= 11 is 1.11. The molecule has 0 atom stereocenters. The Labute approximate surface area is 94.3 Å². The molecule has 0 aliphatic carbocycles. The van der Waals surface area contributed by atoms with E-state index in [0.717, 1.165) is 11.3 Å². The minimum atomic E-state index is -0.423. The number of nitrogens with one attached hydrogen (secondary N) is 1. The van der Waals surface area contributed by atoms with Crippen molar-refractivity contribution < 1.29 is 9.21 Å². The molecule has 0 spiro atoms. The maximum atomic E-state index is 11.3. The van der Waals surface area contributed by atoms with Gasteiger partial charge in [0.15, 0.2) is 0 Å². The van der Waals surface area contributed by atoms with Crippen LogP contribution in [0.1, 0.15) is 16.1 Å². The third-order valence-corrected chi connectivity index (χ3v) is 2.71. The SMILES string of the molecule is NNC(=O)c1coc(Cn2ccsc2=O)c1. The molecule has 0 fully saturated rings. The van der Waals surface area contributed by atoms with Crippen LogP contribution in [0.15, 0.2) is 33.1 Å². The molecule has 0 aromatic carbocycles. The monoisotopic (exact) mass is 239 g/mol. The van der Waals surface area contributed by atoms with Crippen molar-refractivity contribution in [2.45, 2.75) is 6.54 Å². The molecule has 2 rings (SSSR count).